The van der Waals surface area contributed by atoms with Crippen molar-refractivity contribution in [2.75, 3.05) is 10.6 Å². The van der Waals surface area contributed by atoms with Crippen molar-refractivity contribution in [3.63, 3.8) is 0 Å². The molecule has 0 saturated carbocycles. The van der Waals surface area contributed by atoms with Crippen LogP contribution in [0, 0.1) is 5.82 Å². The molecule has 0 unspecified atom stereocenters. The van der Waals surface area contributed by atoms with Gasteiger partial charge in [0.1, 0.15) is 18.0 Å². The number of rotatable bonds is 6. The number of hydrogen-bond donors (Lipinski definition) is 2. The second kappa shape index (κ2) is 8.92. The lowest BCUT2D eigenvalue weighted by molar-refractivity contribution is -0.117. The molecule has 0 saturated heterocycles. The van der Waals surface area contributed by atoms with Crippen LogP contribution in [0.15, 0.2) is 65.5 Å². The van der Waals surface area contributed by atoms with E-state index in [2.05, 4.69) is 15.7 Å². The van der Waals surface area contributed by atoms with E-state index in [1.165, 1.54) is 30.3 Å². The number of aromatic nitrogens is 2. The van der Waals surface area contributed by atoms with E-state index in [-0.39, 0.29) is 23.7 Å². The van der Waals surface area contributed by atoms with Gasteiger partial charge in [-0.05, 0) is 24.3 Å². The summed E-state index contributed by atoms with van der Waals surface area (Å²) in [5, 5.41) is 9.32. The van der Waals surface area contributed by atoms with Gasteiger partial charge in [0.2, 0.25) is 11.8 Å². The second-order valence-electron chi connectivity index (χ2n) is 6.23. The molecule has 8 heteroatoms. The molecule has 0 aliphatic rings. The van der Waals surface area contributed by atoms with Gasteiger partial charge in [-0.3, -0.25) is 14.4 Å². The molecular weight excluding hydrogens is 375 g/mol. The summed E-state index contributed by atoms with van der Waals surface area (Å²) in [5.41, 5.74) is 0.834. The second-order valence-corrected chi connectivity index (χ2v) is 6.23. The van der Waals surface area contributed by atoms with Gasteiger partial charge in [-0.15, -0.1) is 0 Å². The van der Waals surface area contributed by atoms with E-state index in [0.717, 1.165) is 10.2 Å². The number of carbonyl (C=O) groups is 2. The van der Waals surface area contributed by atoms with Gasteiger partial charge in [0, 0.05) is 17.7 Å². The van der Waals surface area contributed by atoms with Crippen LogP contribution in [0.4, 0.5) is 15.8 Å². The minimum atomic E-state index is -0.610. The molecule has 0 aliphatic carbocycles. The minimum Gasteiger partial charge on any atom is -0.324 e. The summed E-state index contributed by atoms with van der Waals surface area (Å²) < 4.78 is 14.3. The van der Waals surface area contributed by atoms with Crippen LogP contribution >= 0.6 is 0 Å². The van der Waals surface area contributed by atoms with Gasteiger partial charge in [0.25, 0.3) is 5.56 Å². The predicted octanol–water partition coefficient (Wildman–Crippen LogP) is 3.04. The van der Waals surface area contributed by atoms with Crippen LogP contribution in [0.3, 0.4) is 0 Å². The van der Waals surface area contributed by atoms with Gasteiger partial charge in [-0.1, -0.05) is 43.3 Å². The summed E-state index contributed by atoms with van der Waals surface area (Å²) in [7, 11) is 0. The quantitative estimate of drug-likeness (QED) is 0.672. The van der Waals surface area contributed by atoms with Crippen LogP contribution in [-0.2, 0) is 16.1 Å². The molecule has 0 bridgehead atoms. The molecule has 1 aromatic heterocycles. The summed E-state index contributed by atoms with van der Waals surface area (Å²) in [4.78, 5) is 36.8. The standard InChI is InChI=1S/C21H19FN4O3/c1-2-19(27)24-18-12-17(14-7-4-3-5-8-14)25-26(21(18)29)13-20(28)23-16-10-6-9-15(22)11-16/h3-12H,2,13H2,1H3,(H,23,28)(H,24,27). The molecule has 2 aromatic carbocycles. The Hall–Kier alpha value is -3.81. The van der Waals surface area contributed by atoms with Gasteiger partial charge in [0.15, 0.2) is 0 Å². The maximum atomic E-state index is 13.3. The van der Waals surface area contributed by atoms with E-state index >= 15 is 0 Å². The Morgan fingerprint density at radius 3 is 2.45 bits per heavy atom. The van der Waals surface area contributed by atoms with E-state index in [0.29, 0.717) is 5.69 Å². The van der Waals surface area contributed by atoms with Crippen LogP contribution in [0.25, 0.3) is 11.3 Å². The average Bonchev–Trinajstić information content (AvgIpc) is 2.71. The average molecular weight is 394 g/mol. The maximum absolute atomic E-state index is 13.3. The lowest BCUT2D eigenvalue weighted by Gasteiger charge is -2.12. The molecule has 3 rings (SSSR count). The van der Waals surface area contributed by atoms with Gasteiger partial charge in [-0.2, -0.15) is 5.10 Å². The summed E-state index contributed by atoms with van der Waals surface area (Å²) in [6.45, 7) is 1.27. The highest BCUT2D eigenvalue weighted by Gasteiger charge is 2.14. The fourth-order valence-electron chi connectivity index (χ4n) is 2.63. The predicted molar refractivity (Wildman–Crippen MR) is 108 cm³/mol. The first-order valence-corrected chi connectivity index (χ1v) is 8.99. The topological polar surface area (TPSA) is 93.1 Å². The first-order valence-electron chi connectivity index (χ1n) is 8.99. The van der Waals surface area contributed by atoms with E-state index in [9.17, 15) is 18.8 Å². The van der Waals surface area contributed by atoms with E-state index in [4.69, 9.17) is 0 Å². The Bertz CT molecular complexity index is 1100. The fourth-order valence-corrected chi connectivity index (χ4v) is 2.63. The van der Waals surface area contributed by atoms with Crippen molar-refractivity contribution in [3.8, 4) is 11.3 Å². The highest BCUT2D eigenvalue weighted by molar-refractivity contribution is 5.92. The van der Waals surface area contributed by atoms with Crippen molar-refractivity contribution >= 4 is 23.2 Å². The summed E-state index contributed by atoms with van der Waals surface area (Å²) >= 11 is 0. The molecule has 0 fully saturated rings. The highest BCUT2D eigenvalue weighted by atomic mass is 19.1. The molecular formula is C21H19FN4O3. The first kappa shape index (κ1) is 19.9. The molecule has 0 atom stereocenters. The zero-order valence-electron chi connectivity index (χ0n) is 15.7. The Morgan fingerprint density at radius 1 is 1.00 bits per heavy atom. The van der Waals surface area contributed by atoms with Crippen molar-refractivity contribution in [2.24, 2.45) is 0 Å². The number of nitrogens with one attached hydrogen (secondary N) is 2. The molecule has 7 nitrogen and oxygen atoms in total. The Balaban J connectivity index is 1.93. The SMILES string of the molecule is CCC(=O)Nc1cc(-c2ccccc2)nn(CC(=O)Nc2cccc(F)c2)c1=O. The smallest absolute Gasteiger partial charge is 0.291 e. The van der Waals surface area contributed by atoms with Crippen molar-refractivity contribution in [2.45, 2.75) is 19.9 Å². The molecule has 148 valence electrons. The van der Waals surface area contributed by atoms with Crippen LogP contribution in [0.5, 0.6) is 0 Å². The number of hydrogen-bond acceptors (Lipinski definition) is 4. The van der Waals surface area contributed by atoms with Crippen LogP contribution < -0.4 is 16.2 Å². The van der Waals surface area contributed by atoms with E-state index in [1.807, 2.05) is 18.2 Å². The third-order valence-electron chi connectivity index (χ3n) is 4.04. The van der Waals surface area contributed by atoms with Crippen molar-refractivity contribution < 1.29 is 14.0 Å². The maximum Gasteiger partial charge on any atom is 0.291 e. The first-order chi connectivity index (χ1) is 14.0. The van der Waals surface area contributed by atoms with Gasteiger partial charge in [-0.25, -0.2) is 9.07 Å². The Labute approximate surface area is 166 Å². The Kier molecular flexibility index (Phi) is 6.13. The molecule has 2 amide bonds. The fraction of sp³-hybridized carbons (Fsp3) is 0.143. The zero-order chi connectivity index (χ0) is 20.8. The number of anilines is 2. The minimum absolute atomic E-state index is 0.0317. The third-order valence-corrected chi connectivity index (χ3v) is 4.04. The van der Waals surface area contributed by atoms with Gasteiger partial charge >= 0.3 is 0 Å². The van der Waals surface area contributed by atoms with Crippen LogP contribution in [-0.4, -0.2) is 21.6 Å². The van der Waals surface area contributed by atoms with Crippen molar-refractivity contribution in [1.29, 1.82) is 0 Å². The van der Waals surface area contributed by atoms with Crippen molar-refractivity contribution in [3.05, 3.63) is 76.8 Å². The van der Waals surface area contributed by atoms with Crippen molar-refractivity contribution in [1.82, 2.24) is 9.78 Å². The normalized spacial score (nSPS) is 10.4. The van der Waals surface area contributed by atoms with E-state index in [1.54, 1.807) is 19.1 Å². The number of benzene rings is 2. The van der Waals surface area contributed by atoms with Gasteiger partial charge < -0.3 is 10.6 Å². The lowest BCUT2D eigenvalue weighted by Crippen LogP contribution is -2.32. The molecule has 0 spiro atoms. The summed E-state index contributed by atoms with van der Waals surface area (Å²) in [5.74, 6) is -1.38. The van der Waals surface area contributed by atoms with Crippen LogP contribution in [0.2, 0.25) is 0 Å². The number of carbonyl (C=O) groups excluding carboxylic acids is 2. The third kappa shape index (κ3) is 5.13. The Morgan fingerprint density at radius 2 is 1.76 bits per heavy atom. The number of nitrogens with zero attached hydrogens (tertiary/aromatic N) is 2. The van der Waals surface area contributed by atoms with Gasteiger partial charge in [0.05, 0.1) is 5.69 Å². The summed E-state index contributed by atoms with van der Waals surface area (Å²) in [6.07, 6.45) is 0.197. The molecule has 2 N–H and O–H groups in total. The highest BCUT2D eigenvalue weighted by Crippen LogP contribution is 2.18. The monoisotopic (exact) mass is 394 g/mol. The lowest BCUT2D eigenvalue weighted by atomic mass is 10.1. The van der Waals surface area contributed by atoms with Crippen LogP contribution in [0.1, 0.15) is 13.3 Å². The molecule has 29 heavy (non-hydrogen) atoms. The molecule has 0 aliphatic heterocycles. The number of amides is 2. The van der Waals surface area contributed by atoms with E-state index < -0.39 is 23.8 Å². The zero-order valence-corrected chi connectivity index (χ0v) is 15.7. The molecule has 3 aromatic rings. The number of halogens is 1. The summed E-state index contributed by atoms with van der Waals surface area (Å²) in [6, 6.07) is 16.0. The molecule has 0 radical (unpaired) electrons. The largest absolute Gasteiger partial charge is 0.324 e. The molecule has 1 heterocycles.